The van der Waals surface area contributed by atoms with Gasteiger partial charge in [0.2, 0.25) is 0 Å². The summed E-state index contributed by atoms with van der Waals surface area (Å²) >= 11 is 0. The highest BCUT2D eigenvalue weighted by atomic mass is 16.1. The van der Waals surface area contributed by atoms with Crippen molar-refractivity contribution in [2.45, 2.75) is 20.3 Å². The summed E-state index contributed by atoms with van der Waals surface area (Å²) in [6, 6.07) is 9.76. The van der Waals surface area contributed by atoms with Gasteiger partial charge in [-0.25, -0.2) is 0 Å². The minimum Gasteiger partial charge on any atom is -0.384 e. The fourth-order valence-electron chi connectivity index (χ4n) is 2.84. The summed E-state index contributed by atoms with van der Waals surface area (Å²) in [5, 5.41) is 6.26. The molecular formula is C21H31N5O. The van der Waals surface area contributed by atoms with E-state index in [2.05, 4.69) is 53.4 Å². The Bertz CT molecular complexity index is 711. The Labute approximate surface area is 162 Å². The van der Waals surface area contributed by atoms with Crippen LogP contribution in [0.4, 0.5) is 17.1 Å². The highest BCUT2D eigenvalue weighted by molar-refractivity contribution is 6.04. The van der Waals surface area contributed by atoms with Gasteiger partial charge in [-0.3, -0.25) is 9.78 Å². The van der Waals surface area contributed by atoms with Crippen molar-refractivity contribution in [3.05, 3.63) is 48.3 Å². The number of benzene rings is 1. The number of nitrogens with zero attached hydrogens (tertiary/aromatic N) is 3. The maximum atomic E-state index is 12.5. The Morgan fingerprint density at radius 2 is 1.74 bits per heavy atom. The van der Waals surface area contributed by atoms with Gasteiger partial charge >= 0.3 is 0 Å². The van der Waals surface area contributed by atoms with Crippen molar-refractivity contribution < 1.29 is 4.79 Å². The zero-order valence-electron chi connectivity index (χ0n) is 16.8. The van der Waals surface area contributed by atoms with E-state index in [-0.39, 0.29) is 5.91 Å². The first-order chi connectivity index (χ1) is 13.0. The summed E-state index contributed by atoms with van der Waals surface area (Å²) in [6.07, 6.45) is 4.36. The quantitative estimate of drug-likeness (QED) is 0.627. The molecule has 0 spiro atoms. The summed E-state index contributed by atoms with van der Waals surface area (Å²) in [7, 11) is 4.11. The van der Waals surface area contributed by atoms with Gasteiger partial charge in [0.05, 0.1) is 11.3 Å². The minimum atomic E-state index is -0.157. The van der Waals surface area contributed by atoms with Gasteiger partial charge in [0, 0.05) is 43.4 Å². The van der Waals surface area contributed by atoms with Crippen LogP contribution >= 0.6 is 0 Å². The first kappa shape index (κ1) is 20.7. The topological polar surface area (TPSA) is 60.5 Å². The lowest BCUT2D eigenvalue weighted by Crippen LogP contribution is -2.21. The van der Waals surface area contributed by atoms with Gasteiger partial charge in [0.1, 0.15) is 0 Å². The third-order valence-electron chi connectivity index (χ3n) is 4.37. The molecule has 0 unspecified atom stereocenters. The molecular weight excluding hydrogens is 338 g/mol. The molecule has 0 aliphatic carbocycles. The Kier molecular flexibility index (Phi) is 8.07. The molecule has 146 valence electrons. The van der Waals surface area contributed by atoms with E-state index in [9.17, 15) is 4.79 Å². The lowest BCUT2D eigenvalue weighted by Gasteiger charge is -2.21. The number of aromatic nitrogens is 1. The summed E-state index contributed by atoms with van der Waals surface area (Å²) in [6.45, 7) is 8.05. The largest absolute Gasteiger partial charge is 0.384 e. The van der Waals surface area contributed by atoms with Crippen LogP contribution in [0.3, 0.4) is 0 Å². The first-order valence-corrected chi connectivity index (χ1v) is 9.53. The van der Waals surface area contributed by atoms with Crippen molar-refractivity contribution in [1.82, 2.24) is 9.88 Å². The van der Waals surface area contributed by atoms with Gasteiger partial charge < -0.3 is 20.4 Å². The number of amides is 1. The number of anilines is 3. The molecule has 0 radical (unpaired) electrons. The molecule has 2 rings (SSSR count). The molecule has 0 aliphatic rings. The lowest BCUT2D eigenvalue weighted by molar-refractivity contribution is 0.102. The van der Waals surface area contributed by atoms with Crippen LogP contribution in [0.15, 0.2) is 42.7 Å². The normalized spacial score (nSPS) is 10.7. The van der Waals surface area contributed by atoms with Crippen molar-refractivity contribution in [2.24, 2.45) is 0 Å². The van der Waals surface area contributed by atoms with Crippen LogP contribution in [0, 0.1) is 0 Å². The standard InChI is InChI=1S/C21H31N5O/c1-5-26(6-2)20-10-8-18(9-11-20)24-21(27)17-14-19(16-22-15-17)23-12-7-13-25(3)4/h8-11,14-16,23H,5-7,12-13H2,1-4H3,(H,24,27). The van der Waals surface area contributed by atoms with Crippen LogP contribution in [0.25, 0.3) is 0 Å². The molecule has 0 aliphatic heterocycles. The summed E-state index contributed by atoms with van der Waals surface area (Å²) in [4.78, 5) is 21.1. The fraction of sp³-hybridized carbons (Fsp3) is 0.429. The molecule has 0 atom stereocenters. The van der Waals surface area contributed by atoms with Crippen molar-refractivity contribution in [1.29, 1.82) is 0 Å². The van der Waals surface area contributed by atoms with Gasteiger partial charge in [-0.05, 0) is 71.2 Å². The second-order valence-corrected chi connectivity index (χ2v) is 6.72. The van der Waals surface area contributed by atoms with Gasteiger partial charge in [-0.15, -0.1) is 0 Å². The Hall–Kier alpha value is -2.60. The van der Waals surface area contributed by atoms with Gasteiger partial charge in [0.25, 0.3) is 5.91 Å². The molecule has 1 heterocycles. The summed E-state index contributed by atoms with van der Waals surface area (Å²) in [5.41, 5.74) is 3.34. The fourth-order valence-corrected chi connectivity index (χ4v) is 2.84. The van der Waals surface area contributed by atoms with E-state index in [1.54, 1.807) is 12.4 Å². The summed E-state index contributed by atoms with van der Waals surface area (Å²) in [5.74, 6) is -0.157. The Morgan fingerprint density at radius 1 is 1.04 bits per heavy atom. The van der Waals surface area contributed by atoms with Crippen LogP contribution in [0.2, 0.25) is 0 Å². The molecule has 0 saturated carbocycles. The van der Waals surface area contributed by atoms with Crippen molar-refractivity contribution >= 4 is 23.0 Å². The Morgan fingerprint density at radius 3 is 2.37 bits per heavy atom. The highest BCUT2D eigenvalue weighted by Gasteiger charge is 2.08. The molecule has 0 bridgehead atoms. The minimum absolute atomic E-state index is 0.157. The molecule has 1 aromatic carbocycles. The number of carbonyl (C=O) groups is 1. The van der Waals surface area contributed by atoms with E-state index >= 15 is 0 Å². The monoisotopic (exact) mass is 369 g/mol. The third-order valence-corrected chi connectivity index (χ3v) is 4.37. The maximum Gasteiger partial charge on any atom is 0.257 e. The molecule has 1 aromatic heterocycles. The highest BCUT2D eigenvalue weighted by Crippen LogP contribution is 2.18. The van der Waals surface area contributed by atoms with E-state index in [1.807, 2.05) is 30.3 Å². The Balaban J connectivity index is 1.94. The smallest absolute Gasteiger partial charge is 0.257 e. The van der Waals surface area contributed by atoms with Gasteiger partial charge in [-0.2, -0.15) is 0 Å². The maximum absolute atomic E-state index is 12.5. The van der Waals surface area contributed by atoms with Crippen LogP contribution in [-0.2, 0) is 0 Å². The first-order valence-electron chi connectivity index (χ1n) is 9.53. The number of hydrogen-bond acceptors (Lipinski definition) is 5. The van der Waals surface area contributed by atoms with Crippen molar-refractivity contribution in [3.8, 4) is 0 Å². The van der Waals surface area contributed by atoms with E-state index in [1.165, 1.54) is 0 Å². The van der Waals surface area contributed by atoms with Crippen LogP contribution in [0.1, 0.15) is 30.6 Å². The number of nitrogens with one attached hydrogen (secondary N) is 2. The molecule has 2 N–H and O–H groups in total. The lowest BCUT2D eigenvalue weighted by atomic mass is 10.2. The predicted molar refractivity (Wildman–Crippen MR) is 114 cm³/mol. The number of hydrogen-bond donors (Lipinski definition) is 2. The molecule has 27 heavy (non-hydrogen) atoms. The van der Waals surface area contributed by atoms with Crippen LogP contribution in [0.5, 0.6) is 0 Å². The third kappa shape index (κ3) is 6.57. The van der Waals surface area contributed by atoms with E-state index in [0.717, 1.165) is 49.7 Å². The van der Waals surface area contributed by atoms with Crippen molar-refractivity contribution in [2.75, 3.05) is 55.8 Å². The van der Waals surface area contributed by atoms with Gasteiger partial charge in [-0.1, -0.05) is 0 Å². The van der Waals surface area contributed by atoms with Crippen LogP contribution < -0.4 is 15.5 Å². The van der Waals surface area contributed by atoms with Crippen molar-refractivity contribution in [3.63, 3.8) is 0 Å². The zero-order chi connectivity index (χ0) is 19.6. The average Bonchev–Trinajstić information content (AvgIpc) is 2.67. The number of pyridine rings is 1. The predicted octanol–water partition coefficient (Wildman–Crippen LogP) is 3.54. The number of rotatable bonds is 10. The van der Waals surface area contributed by atoms with Gasteiger partial charge in [0.15, 0.2) is 0 Å². The SMILES string of the molecule is CCN(CC)c1ccc(NC(=O)c2cncc(NCCCN(C)C)c2)cc1. The van der Waals surface area contributed by atoms with E-state index in [4.69, 9.17) is 0 Å². The summed E-state index contributed by atoms with van der Waals surface area (Å²) < 4.78 is 0. The molecule has 1 amide bonds. The zero-order valence-corrected chi connectivity index (χ0v) is 16.8. The molecule has 6 heteroatoms. The van der Waals surface area contributed by atoms with Crippen LogP contribution in [-0.4, -0.2) is 56.1 Å². The number of carbonyl (C=O) groups excluding carboxylic acids is 1. The van der Waals surface area contributed by atoms with E-state index in [0.29, 0.717) is 5.56 Å². The molecule has 6 nitrogen and oxygen atoms in total. The molecule has 0 fully saturated rings. The second kappa shape index (κ2) is 10.5. The second-order valence-electron chi connectivity index (χ2n) is 6.72. The van der Waals surface area contributed by atoms with E-state index < -0.39 is 0 Å². The molecule has 2 aromatic rings. The average molecular weight is 370 g/mol. The molecule has 0 saturated heterocycles.